The number of benzene rings is 1. The lowest BCUT2D eigenvalue weighted by atomic mass is 10.1. The molecule has 0 aliphatic heterocycles. The SMILES string of the molecule is CN=C(NCCc1nnc2ccccn12)NC(C)c1ccc(Cl)cc1Cl.I. The molecular formula is C18H21Cl2IN6. The van der Waals surface area contributed by atoms with E-state index < -0.39 is 0 Å². The number of halogens is 3. The number of aromatic nitrogens is 3. The Morgan fingerprint density at radius 2 is 2.04 bits per heavy atom. The molecule has 3 rings (SSSR count). The molecule has 0 saturated carbocycles. The van der Waals surface area contributed by atoms with Crippen LogP contribution in [0.3, 0.4) is 0 Å². The fraction of sp³-hybridized carbons (Fsp3) is 0.278. The van der Waals surface area contributed by atoms with Gasteiger partial charge >= 0.3 is 0 Å². The van der Waals surface area contributed by atoms with Crippen molar-refractivity contribution < 1.29 is 0 Å². The Kier molecular flexibility index (Phi) is 8.12. The number of rotatable bonds is 5. The summed E-state index contributed by atoms with van der Waals surface area (Å²) >= 11 is 12.2. The van der Waals surface area contributed by atoms with Crippen molar-refractivity contribution in [1.29, 1.82) is 0 Å². The van der Waals surface area contributed by atoms with E-state index in [1.54, 1.807) is 13.1 Å². The molecule has 1 unspecified atom stereocenters. The Balaban J connectivity index is 0.00000261. The molecule has 3 aromatic rings. The second-order valence-electron chi connectivity index (χ2n) is 5.83. The molecule has 0 fully saturated rings. The van der Waals surface area contributed by atoms with Crippen molar-refractivity contribution in [2.45, 2.75) is 19.4 Å². The average molecular weight is 519 g/mol. The van der Waals surface area contributed by atoms with E-state index in [1.807, 2.05) is 47.9 Å². The highest BCUT2D eigenvalue weighted by atomic mass is 127. The van der Waals surface area contributed by atoms with Gasteiger partial charge in [0.2, 0.25) is 0 Å². The number of pyridine rings is 1. The van der Waals surface area contributed by atoms with Crippen molar-refractivity contribution in [1.82, 2.24) is 25.2 Å². The Bertz CT molecular complexity index is 927. The maximum atomic E-state index is 6.28. The zero-order chi connectivity index (χ0) is 18.5. The molecule has 1 atom stereocenters. The van der Waals surface area contributed by atoms with Gasteiger partial charge in [0.05, 0.1) is 6.04 Å². The van der Waals surface area contributed by atoms with Gasteiger partial charge in [-0.15, -0.1) is 34.2 Å². The normalized spacial score (nSPS) is 12.5. The summed E-state index contributed by atoms with van der Waals surface area (Å²) in [5.41, 5.74) is 1.80. The number of hydrogen-bond acceptors (Lipinski definition) is 3. The van der Waals surface area contributed by atoms with Crippen LogP contribution in [0.4, 0.5) is 0 Å². The van der Waals surface area contributed by atoms with Gasteiger partial charge in [-0.25, -0.2) is 0 Å². The predicted octanol–water partition coefficient (Wildman–Crippen LogP) is 4.12. The number of guanidine groups is 1. The van der Waals surface area contributed by atoms with Crippen LogP contribution in [-0.2, 0) is 6.42 Å². The van der Waals surface area contributed by atoms with Crippen LogP contribution in [0.2, 0.25) is 10.0 Å². The maximum Gasteiger partial charge on any atom is 0.191 e. The monoisotopic (exact) mass is 518 g/mol. The van der Waals surface area contributed by atoms with Crippen molar-refractivity contribution in [2.24, 2.45) is 4.99 Å². The van der Waals surface area contributed by atoms with E-state index in [9.17, 15) is 0 Å². The van der Waals surface area contributed by atoms with Gasteiger partial charge in [-0.1, -0.05) is 35.3 Å². The van der Waals surface area contributed by atoms with E-state index in [0.29, 0.717) is 22.5 Å². The molecule has 1 aromatic carbocycles. The zero-order valence-corrected chi connectivity index (χ0v) is 18.8. The van der Waals surface area contributed by atoms with Gasteiger partial charge in [-0.3, -0.25) is 9.39 Å². The number of nitrogens with zero attached hydrogens (tertiary/aromatic N) is 4. The summed E-state index contributed by atoms with van der Waals surface area (Å²) in [4.78, 5) is 4.26. The molecule has 0 spiro atoms. The van der Waals surface area contributed by atoms with Gasteiger partial charge in [-0.05, 0) is 36.8 Å². The van der Waals surface area contributed by atoms with E-state index in [1.165, 1.54) is 0 Å². The second kappa shape index (κ2) is 10.1. The minimum Gasteiger partial charge on any atom is -0.356 e. The summed E-state index contributed by atoms with van der Waals surface area (Å²) in [6, 6.07) is 11.3. The molecule has 144 valence electrons. The largest absolute Gasteiger partial charge is 0.356 e. The van der Waals surface area contributed by atoms with Crippen molar-refractivity contribution >= 4 is 58.8 Å². The molecule has 0 aliphatic rings. The number of hydrogen-bond donors (Lipinski definition) is 2. The first-order valence-corrected chi connectivity index (χ1v) is 9.05. The quantitative estimate of drug-likeness (QED) is 0.303. The molecular weight excluding hydrogens is 498 g/mol. The van der Waals surface area contributed by atoms with Crippen LogP contribution in [0.5, 0.6) is 0 Å². The fourth-order valence-corrected chi connectivity index (χ4v) is 3.26. The van der Waals surface area contributed by atoms with E-state index in [-0.39, 0.29) is 30.0 Å². The summed E-state index contributed by atoms with van der Waals surface area (Å²) in [6.07, 6.45) is 2.68. The third-order valence-electron chi connectivity index (χ3n) is 4.03. The van der Waals surface area contributed by atoms with Gasteiger partial charge in [0, 0.05) is 36.3 Å². The van der Waals surface area contributed by atoms with Crippen LogP contribution in [0.25, 0.3) is 5.65 Å². The standard InChI is InChI=1S/C18H20Cl2N6.HI/c1-12(14-7-6-13(19)11-15(14)20)23-18(21-2)22-9-8-17-25-24-16-5-3-4-10-26(16)17;/h3-7,10-12H,8-9H2,1-2H3,(H2,21,22,23);1H. The molecule has 9 heteroatoms. The van der Waals surface area contributed by atoms with Crippen molar-refractivity contribution in [3.8, 4) is 0 Å². The number of aliphatic imine (C=N–C) groups is 1. The Hall–Kier alpha value is -1.58. The van der Waals surface area contributed by atoms with Gasteiger partial charge in [0.25, 0.3) is 0 Å². The summed E-state index contributed by atoms with van der Waals surface area (Å²) < 4.78 is 1.98. The number of nitrogens with one attached hydrogen (secondary N) is 2. The molecule has 0 radical (unpaired) electrons. The minimum absolute atomic E-state index is 0. The third-order valence-corrected chi connectivity index (χ3v) is 4.59. The third kappa shape index (κ3) is 5.46. The molecule has 0 amide bonds. The molecule has 0 bridgehead atoms. The van der Waals surface area contributed by atoms with Crippen molar-refractivity contribution in [3.05, 3.63) is 64.0 Å². The lowest BCUT2D eigenvalue weighted by molar-refractivity contribution is 0.680. The van der Waals surface area contributed by atoms with Crippen molar-refractivity contribution in [3.63, 3.8) is 0 Å². The molecule has 0 aliphatic carbocycles. The summed E-state index contributed by atoms with van der Waals surface area (Å²) in [5.74, 6) is 1.59. The highest BCUT2D eigenvalue weighted by Crippen LogP contribution is 2.25. The van der Waals surface area contributed by atoms with E-state index >= 15 is 0 Å². The predicted molar refractivity (Wildman–Crippen MR) is 121 cm³/mol. The Labute approximate surface area is 185 Å². The molecule has 6 nitrogen and oxygen atoms in total. The summed E-state index contributed by atoms with van der Waals surface area (Å²) in [7, 11) is 1.73. The topological polar surface area (TPSA) is 66.6 Å². The van der Waals surface area contributed by atoms with Crippen LogP contribution in [0, 0.1) is 0 Å². The highest BCUT2D eigenvalue weighted by molar-refractivity contribution is 14.0. The lowest BCUT2D eigenvalue weighted by Gasteiger charge is -2.19. The summed E-state index contributed by atoms with van der Waals surface area (Å²) in [6.45, 7) is 2.70. The Morgan fingerprint density at radius 1 is 1.22 bits per heavy atom. The van der Waals surface area contributed by atoms with E-state index in [4.69, 9.17) is 23.2 Å². The first kappa shape index (κ1) is 21.7. The smallest absolute Gasteiger partial charge is 0.191 e. The zero-order valence-electron chi connectivity index (χ0n) is 15.0. The van der Waals surface area contributed by atoms with Gasteiger partial charge in [-0.2, -0.15) is 0 Å². The van der Waals surface area contributed by atoms with Crippen LogP contribution < -0.4 is 10.6 Å². The molecule has 2 N–H and O–H groups in total. The van der Waals surface area contributed by atoms with Crippen LogP contribution in [0.1, 0.15) is 24.4 Å². The van der Waals surface area contributed by atoms with Gasteiger partial charge in [0.15, 0.2) is 11.6 Å². The van der Waals surface area contributed by atoms with E-state index in [0.717, 1.165) is 23.5 Å². The van der Waals surface area contributed by atoms with Crippen LogP contribution in [-0.4, -0.2) is 34.2 Å². The molecule has 27 heavy (non-hydrogen) atoms. The van der Waals surface area contributed by atoms with Gasteiger partial charge in [0.1, 0.15) is 5.82 Å². The minimum atomic E-state index is -0.0140. The maximum absolute atomic E-state index is 6.28. The van der Waals surface area contributed by atoms with Crippen molar-refractivity contribution in [2.75, 3.05) is 13.6 Å². The second-order valence-corrected chi connectivity index (χ2v) is 6.67. The molecule has 2 aromatic heterocycles. The fourth-order valence-electron chi connectivity index (χ4n) is 2.68. The number of fused-ring (bicyclic) bond motifs is 1. The Morgan fingerprint density at radius 3 is 2.78 bits per heavy atom. The highest BCUT2D eigenvalue weighted by Gasteiger charge is 2.12. The van der Waals surface area contributed by atoms with E-state index in [2.05, 4.69) is 25.8 Å². The first-order valence-electron chi connectivity index (χ1n) is 8.29. The lowest BCUT2D eigenvalue weighted by Crippen LogP contribution is -2.39. The average Bonchev–Trinajstić information content (AvgIpc) is 3.04. The summed E-state index contributed by atoms with van der Waals surface area (Å²) in [5, 5.41) is 16.3. The van der Waals surface area contributed by atoms with Crippen LogP contribution in [0.15, 0.2) is 47.6 Å². The van der Waals surface area contributed by atoms with Crippen LogP contribution >= 0.6 is 47.2 Å². The molecule has 0 saturated heterocycles. The molecule has 2 heterocycles. The van der Waals surface area contributed by atoms with Gasteiger partial charge < -0.3 is 10.6 Å². The first-order chi connectivity index (χ1) is 12.6.